The molecule has 11 heteroatoms. The van der Waals surface area contributed by atoms with Crippen LogP contribution in [-0.2, 0) is 47.7 Å². The van der Waals surface area contributed by atoms with Crippen LogP contribution < -0.4 is 5.32 Å². The molecular weight excluding hydrogens is 402 g/mol. The Labute approximate surface area is 173 Å². The largest absolute Gasteiger partial charge is 0.468 e. The number of allylic oxidation sites excluding steroid dienone is 2. The molecule has 0 atom stereocenters. The van der Waals surface area contributed by atoms with Crippen molar-refractivity contribution in [2.45, 2.75) is 27.7 Å². The second-order valence-electron chi connectivity index (χ2n) is 5.92. The number of hydrogen-bond acceptors (Lipinski definition) is 11. The van der Waals surface area contributed by atoms with Gasteiger partial charge < -0.3 is 29.0 Å². The van der Waals surface area contributed by atoms with Crippen molar-refractivity contribution in [1.82, 2.24) is 5.32 Å². The summed E-state index contributed by atoms with van der Waals surface area (Å²) in [5.41, 5.74) is -0.0305. The number of rotatable bonds is 9. The molecule has 0 saturated heterocycles. The number of methoxy groups -OCH3 is 1. The SMILES string of the molecule is CCOC(=O)COC(=O)C1=C(C)NC(C)=C(C(=O)OCC(=O)OCC)C1C(=O)OC. The van der Waals surface area contributed by atoms with Crippen molar-refractivity contribution >= 4 is 29.8 Å². The highest BCUT2D eigenvalue weighted by atomic mass is 16.6. The number of esters is 5. The van der Waals surface area contributed by atoms with Gasteiger partial charge in [-0.1, -0.05) is 0 Å². The van der Waals surface area contributed by atoms with Crippen LogP contribution in [0.3, 0.4) is 0 Å². The van der Waals surface area contributed by atoms with Crippen LogP contribution in [-0.4, -0.2) is 63.4 Å². The number of carbonyl (C=O) groups is 5. The van der Waals surface area contributed by atoms with E-state index in [4.69, 9.17) is 14.2 Å². The summed E-state index contributed by atoms with van der Waals surface area (Å²) in [5, 5.41) is 2.79. The van der Waals surface area contributed by atoms with E-state index in [1.54, 1.807) is 13.8 Å². The van der Waals surface area contributed by atoms with Crippen molar-refractivity contribution in [3.8, 4) is 0 Å². The summed E-state index contributed by atoms with van der Waals surface area (Å²) < 4.78 is 23.9. The fourth-order valence-electron chi connectivity index (χ4n) is 2.70. The molecule has 0 amide bonds. The van der Waals surface area contributed by atoms with Gasteiger partial charge in [0.2, 0.25) is 0 Å². The van der Waals surface area contributed by atoms with Crippen molar-refractivity contribution < 1.29 is 47.7 Å². The normalized spacial score (nSPS) is 13.9. The second-order valence-corrected chi connectivity index (χ2v) is 5.92. The first kappa shape index (κ1) is 24.7. The van der Waals surface area contributed by atoms with Crippen LogP contribution in [0.15, 0.2) is 22.5 Å². The maximum atomic E-state index is 12.6. The first-order chi connectivity index (χ1) is 14.2. The van der Waals surface area contributed by atoms with Gasteiger partial charge >= 0.3 is 29.8 Å². The number of hydrogen-bond donors (Lipinski definition) is 1. The number of carbonyl (C=O) groups excluding carboxylic acids is 5. The molecule has 11 nitrogen and oxygen atoms in total. The van der Waals surface area contributed by atoms with Crippen LogP contribution >= 0.6 is 0 Å². The van der Waals surface area contributed by atoms with E-state index in [2.05, 4.69) is 14.8 Å². The minimum Gasteiger partial charge on any atom is -0.468 e. The first-order valence-corrected chi connectivity index (χ1v) is 9.09. The van der Waals surface area contributed by atoms with E-state index in [1.165, 1.54) is 13.8 Å². The van der Waals surface area contributed by atoms with Crippen molar-refractivity contribution in [2.24, 2.45) is 5.92 Å². The summed E-state index contributed by atoms with van der Waals surface area (Å²) in [4.78, 5) is 60.6. The smallest absolute Gasteiger partial charge is 0.344 e. The summed E-state index contributed by atoms with van der Waals surface area (Å²) in [5.74, 6) is -6.01. The Morgan fingerprint density at radius 1 is 0.767 bits per heavy atom. The molecule has 30 heavy (non-hydrogen) atoms. The lowest BCUT2D eigenvalue weighted by Gasteiger charge is -2.28. The number of nitrogens with one attached hydrogen (secondary N) is 1. The molecule has 0 aromatic rings. The molecule has 1 heterocycles. The fraction of sp³-hybridized carbons (Fsp3) is 0.526. The summed E-state index contributed by atoms with van der Waals surface area (Å²) in [6.07, 6.45) is 0. The highest BCUT2D eigenvalue weighted by Crippen LogP contribution is 2.32. The molecule has 166 valence electrons. The zero-order chi connectivity index (χ0) is 22.8. The Morgan fingerprint density at radius 3 is 1.50 bits per heavy atom. The average Bonchev–Trinajstić information content (AvgIpc) is 2.69. The Bertz CT molecular complexity index is 724. The second kappa shape index (κ2) is 11.6. The van der Waals surface area contributed by atoms with Gasteiger partial charge in [-0.3, -0.25) is 4.79 Å². The zero-order valence-corrected chi connectivity index (χ0v) is 17.5. The number of ether oxygens (including phenoxy) is 5. The fourth-order valence-corrected chi connectivity index (χ4v) is 2.70. The molecule has 0 saturated carbocycles. The molecule has 1 N–H and O–H groups in total. The van der Waals surface area contributed by atoms with E-state index in [0.717, 1.165) is 7.11 Å². The van der Waals surface area contributed by atoms with Gasteiger partial charge in [-0.2, -0.15) is 0 Å². The van der Waals surface area contributed by atoms with Gasteiger partial charge in [0.25, 0.3) is 0 Å². The highest BCUT2D eigenvalue weighted by molar-refractivity contribution is 6.06. The lowest BCUT2D eigenvalue weighted by molar-refractivity contribution is -0.158. The minimum absolute atomic E-state index is 0.100. The molecule has 0 fully saturated rings. The summed E-state index contributed by atoms with van der Waals surface area (Å²) >= 11 is 0. The van der Waals surface area contributed by atoms with Crippen LogP contribution in [0.4, 0.5) is 0 Å². The molecule has 0 spiro atoms. The Hall–Kier alpha value is -3.37. The lowest BCUT2D eigenvalue weighted by Crippen LogP contribution is -2.38. The Balaban J connectivity index is 3.15. The van der Waals surface area contributed by atoms with E-state index >= 15 is 0 Å². The van der Waals surface area contributed by atoms with Crippen molar-refractivity contribution in [2.75, 3.05) is 33.5 Å². The molecule has 0 bridgehead atoms. The van der Waals surface area contributed by atoms with Crippen LogP contribution in [0.2, 0.25) is 0 Å². The van der Waals surface area contributed by atoms with Crippen LogP contribution in [0.25, 0.3) is 0 Å². The maximum absolute atomic E-state index is 12.6. The third kappa shape index (κ3) is 6.33. The topological polar surface area (TPSA) is 144 Å². The van der Waals surface area contributed by atoms with Crippen LogP contribution in [0, 0.1) is 5.92 Å². The third-order valence-electron chi connectivity index (χ3n) is 3.89. The summed E-state index contributed by atoms with van der Waals surface area (Å²) in [6, 6.07) is 0. The molecular formula is C19H25NO10. The van der Waals surface area contributed by atoms with Gasteiger partial charge in [-0.05, 0) is 27.7 Å². The minimum atomic E-state index is -1.49. The molecule has 1 aliphatic heterocycles. The highest BCUT2D eigenvalue weighted by Gasteiger charge is 2.42. The molecule has 0 aliphatic carbocycles. The quantitative estimate of drug-likeness (QED) is 0.396. The third-order valence-corrected chi connectivity index (χ3v) is 3.89. The summed E-state index contributed by atoms with van der Waals surface area (Å²) in [7, 11) is 1.08. The van der Waals surface area contributed by atoms with E-state index < -0.39 is 49.0 Å². The maximum Gasteiger partial charge on any atom is 0.344 e. The van der Waals surface area contributed by atoms with Gasteiger partial charge in [0.05, 0.1) is 31.5 Å². The van der Waals surface area contributed by atoms with Crippen molar-refractivity contribution in [3.05, 3.63) is 22.5 Å². The summed E-state index contributed by atoms with van der Waals surface area (Å²) in [6.45, 7) is 5.00. The predicted octanol–water partition coefficient (Wildman–Crippen LogP) is 0.139. The van der Waals surface area contributed by atoms with E-state index in [0.29, 0.717) is 0 Å². The number of dihydropyridines is 1. The molecule has 0 radical (unpaired) electrons. The molecule has 1 rings (SSSR count). The standard InChI is InChI=1S/C19H25NO10/c1-6-27-12(21)8-29-18(24)14-10(3)20-11(4)15(16(14)17(23)26-5)19(25)30-9-13(22)28-7-2/h16,20H,6-9H2,1-5H3. The Morgan fingerprint density at radius 2 is 1.17 bits per heavy atom. The molecule has 1 aliphatic rings. The van der Waals surface area contributed by atoms with Crippen molar-refractivity contribution in [1.29, 1.82) is 0 Å². The van der Waals surface area contributed by atoms with Gasteiger partial charge in [0.15, 0.2) is 13.2 Å². The Kier molecular flexibility index (Phi) is 9.53. The van der Waals surface area contributed by atoms with Gasteiger partial charge in [-0.25, -0.2) is 19.2 Å². The van der Waals surface area contributed by atoms with Crippen LogP contribution in [0.1, 0.15) is 27.7 Å². The van der Waals surface area contributed by atoms with E-state index in [1.807, 2.05) is 0 Å². The monoisotopic (exact) mass is 427 g/mol. The molecule has 0 aromatic carbocycles. The van der Waals surface area contributed by atoms with E-state index in [-0.39, 0.29) is 35.8 Å². The van der Waals surface area contributed by atoms with Crippen LogP contribution in [0.5, 0.6) is 0 Å². The van der Waals surface area contributed by atoms with Crippen molar-refractivity contribution in [3.63, 3.8) is 0 Å². The van der Waals surface area contributed by atoms with E-state index in [9.17, 15) is 24.0 Å². The molecule has 0 unspecified atom stereocenters. The van der Waals surface area contributed by atoms with Gasteiger partial charge in [-0.15, -0.1) is 0 Å². The van der Waals surface area contributed by atoms with Gasteiger partial charge in [0, 0.05) is 11.4 Å². The zero-order valence-electron chi connectivity index (χ0n) is 17.5. The average molecular weight is 427 g/mol. The first-order valence-electron chi connectivity index (χ1n) is 9.09. The predicted molar refractivity (Wildman–Crippen MR) is 99.2 cm³/mol. The molecule has 0 aromatic heterocycles. The lowest BCUT2D eigenvalue weighted by atomic mass is 9.85. The van der Waals surface area contributed by atoms with Gasteiger partial charge in [0.1, 0.15) is 5.92 Å².